The molecule has 1 fully saturated rings. The molecule has 0 aromatic carbocycles. The molecule has 1 rings (SSSR count). The first-order valence-corrected chi connectivity index (χ1v) is 4.45. The summed E-state index contributed by atoms with van der Waals surface area (Å²) in [4.78, 5) is 2.35. The van der Waals surface area contributed by atoms with Crippen molar-refractivity contribution in [2.75, 3.05) is 13.6 Å². The summed E-state index contributed by atoms with van der Waals surface area (Å²) >= 11 is 0. The minimum atomic E-state index is 0.374. The fourth-order valence-corrected chi connectivity index (χ4v) is 1.62. The predicted molar refractivity (Wildman–Crippen MR) is 46.7 cm³/mol. The van der Waals surface area contributed by atoms with Gasteiger partial charge in [-0.2, -0.15) is 0 Å². The molecule has 0 amide bonds. The fraction of sp³-hybridized carbons (Fsp3) is 1.00. The third kappa shape index (κ3) is 2.46. The summed E-state index contributed by atoms with van der Waals surface area (Å²) in [6.07, 6.45) is 2.03. The lowest BCUT2D eigenvalue weighted by molar-refractivity contribution is 0.0151. The van der Waals surface area contributed by atoms with Crippen molar-refractivity contribution in [1.82, 2.24) is 4.90 Å². The van der Waals surface area contributed by atoms with Gasteiger partial charge in [0.25, 0.3) is 0 Å². The van der Waals surface area contributed by atoms with Crippen molar-refractivity contribution >= 4 is 0 Å². The van der Waals surface area contributed by atoms with Gasteiger partial charge in [0, 0.05) is 12.6 Å². The molecule has 0 aromatic rings. The van der Waals surface area contributed by atoms with Crippen molar-refractivity contribution in [3.05, 3.63) is 0 Å². The van der Waals surface area contributed by atoms with Crippen LogP contribution in [0, 0.1) is 0 Å². The highest BCUT2D eigenvalue weighted by Gasteiger charge is 2.26. The number of nitrogens with zero attached hydrogens (tertiary/aromatic N) is 1. The van der Waals surface area contributed by atoms with Crippen LogP contribution in [0.15, 0.2) is 0 Å². The summed E-state index contributed by atoms with van der Waals surface area (Å²) in [5.74, 6) is 0. The molecule has 0 N–H and O–H groups in total. The average molecular weight is 157 g/mol. The van der Waals surface area contributed by atoms with Crippen LogP contribution in [0.5, 0.6) is 0 Å². The Morgan fingerprint density at radius 1 is 1.45 bits per heavy atom. The summed E-state index contributed by atoms with van der Waals surface area (Å²) in [5.41, 5.74) is 0. The molecular weight excluding hydrogens is 138 g/mol. The van der Waals surface area contributed by atoms with Crippen LogP contribution in [-0.4, -0.2) is 36.7 Å². The van der Waals surface area contributed by atoms with E-state index in [-0.39, 0.29) is 0 Å². The molecule has 2 atom stereocenters. The molecule has 11 heavy (non-hydrogen) atoms. The monoisotopic (exact) mass is 157 g/mol. The summed E-state index contributed by atoms with van der Waals surface area (Å²) in [6.45, 7) is 7.55. The molecular formula is C9H19NO. The van der Waals surface area contributed by atoms with Gasteiger partial charge in [0.1, 0.15) is 0 Å². The predicted octanol–water partition coefficient (Wildman–Crippen LogP) is 1.50. The van der Waals surface area contributed by atoms with E-state index in [1.807, 2.05) is 0 Å². The van der Waals surface area contributed by atoms with Crippen LogP contribution >= 0.6 is 0 Å². The van der Waals surface area contributed by atoms with E-state index < -0.39 is 0 Å². The van der Waals surface area contributed by atoms with Crippen molar-refractivity contribution in [2.45, 2.75) is 45.4 Å². The van der Waals surface area contributed by atoms with E-state index in [1.165, 1.54) is 6.42 Å². The number of likely N-dealkylation sites (N-methyl/N-ethyl adjacent to an activating group) is 1. The van der Waals surface area contributed by atoms with E-state index in [4.69, 9.17) is 4.74 Å². The molecule has 66 valence electrons. The minimum Gasteiger partial charge on any atom is -0.374 e. The lowest BCUT2D eigenvalue weighted by Gasteiger charge is -2.14. The van der Waals surface area contributed by atoms with Crippen molar-refractivity contribution in [1.29, 1.82) is 0 Å². The van der Waals surface area contributed by atoms with Crippen molar-refractivity contribution < 1.29 is 4.74 Å². The zero-order valence-corrected chi connectivity index (χ0v) is 8.00. The van der Waals surface area contributed by atoms with Crippen LogP contribution in [-0.2, 0) is 4.74 Å². The van der Waals surface area contributed by atoms with Gasteiger partial charge in [0.15, 0.2) is 0 Å². The van der Waals surface area contributed by atoms with E-state index in [1.54, 1.807) is 0 Å². The van der Waals surface area contributed by atoms with Gasteiger partial charge >= 0.3 is 0 Å². The van der Waals surface area contributed by atoms with Gasteiger partial charge in [0.2, 0.25) is 0 Å². The van der Waals surface area contributed by atoms with Crippen LogP contribution in [0.3, 0.4) is 0 Å². The Kier molecular flexibility index (Phi) is 2.90. The van der Waals surface area contributed by atoms with E-state index in [2.05, 4.69) is 32.7 Å². The lowest BCUT2D eigenvalue weighted by Crippen LogP contribution is -2.23. The normalized spacial score (nSPS) is 33.5. The molecule has 1 aliphatic rings. The van der Waals surface area contributed by atoms with Gasteiger partial charge in [-0.3, -0.25) is 0 Å². The first-order chi connectivity index (χ1) is 5.09. The topological polar surface area (TPSA) is 12.5 Å². The number of ether oxygens (including phenoxy) is 1. The number of rotatable bonds is 2. The minimum absolute atomic E-state index is 0.374. The van der Waals surface area contributed by atoms with Crippen LogP contribution in [0.4, 0.5) is 0 Å². The SMILES string of the molecule is CC(C)O[C@H]1C[C@@H](C)N(C)C1. The van der Waals surface area contributed by atoms with Crippen LogP contribution in [0.1, 0.15) is 27.2 Å². The maximum atomic E-state index is 5.71. The van der Waals surface area contributed by atoms with Gasteiger partial charge in [-0.15, -0.1) is 0 Å². The van der Waals surface area contributed by atoms with Gasteiger partial charge in [0.05, 0.1) is 12.2 Å². The average Bonchev–Trinajstić information content (AvgIpc) is 2.10. The molecule has 2 nitrogen and oxygen atoms in total. The van der Waals surface area contributed by atoms with Crippen LogP contribution in [0.25, 0.3) is 0 Å². The molecule has 0 aromatic heterocycles. The lowest BCUT2D eigenvalue weighted by atomic mass is 10.2. The summed E-state index contributed by atoms with van der Waals surface area (Å²) in [6, 6.07) is 0.693. The van der Waals surface area contributed by atoms with Crippen molar-refractivity contribution in [3.63, 3.8) is 0 Å². The molecule has 0 unspecified atom stereocenters. The molecule has 0 saturated carbocycles. The molecule has 1 heterocycles. The molecule has 0 aliphatic carbocycles. The van der Waals surface area contributed by atoms with E-state index >= 15 is 0 Å². The Balaban J connectivity index is 2.29. The third-order valence-electron chi connectivity index (χ3n) is 2.31. The zero-order chi connectivity index (χ0) is 8.43. The summed E-state index contributed by atoms with van der Waals surface area (Å²) in [7, 11) is 2.16. The van der Waals surface area contributed by atoms with E-state index in [0.717, 1.165) is 6.54 Å². The summed E-state index contributed by atoms with van der Waals surface area (Å²) < 4.78 is 5.71. The second-order valence-electron chi connectivity index (χ2n) is 3.83. The number of hydrogen-bond donors (Lipinski definition) is 0. The van der Waals surface area contributed by atoms with Crippen molar-refractivity contribution in [2.24, 2.45) is 0 Å². The van der Waals surface area contributed by atoms with Gasteiger partial charge in [-0.05, 0) is 34.2 Å². The Morgan fingerprint density at radius 3 is 2.45 bits per heavy atom. The maximum Gasteiger partial charge on any atom is 0.0720 e. The first kappa shape index (κ1) is 9.01. The number of likely N-dealkylation sites (tertiary alicyclic amines) is 1. The van der Waals surface area contributed by atoms with Crippen LogP contribution in [0.2, 0.25) is 0 Å². The van der Waals surface area contributed by atoms with Crippen molar-refractivity contribution in [3.8, 4) is 0 Å². The Hall–Kier alpha value is -0.0800. The summed E-state index contributed by atoms with van der Waals surface area (Å²) in [5, 5.41) is 0. The van der Waals surface area contributed by atoms with E-state index in [0.29, 0.717) is 18.2 Å². The highest BCUT2D eigenvalue weighted by Crippen LogP contribution is 2.18. The second-order valence-corrected chi connectivity index (χ2v) is 3.83. The zero-order valence-electron chi connectivity index (χ0n) is 8.00. The molecule has 2 heteroatoms. The maximum absolute atomic E-state index is 5.71. The number of hydrogen-bond acceptors (Lipinski definition) is 2. The van der Waals surface area contributed by atoms with Crippen LogP contribution < -0.4 is 0 Å². The molecule has 0 spiro atoms. The highest BCUT2D eigenvalue weighted by atomic mass is 16.5. The second kappa shape index (κ2) is 3.55. The van der Waals surface area contributed by atoms with Gasteiger partial charge < -0.3 is 9.64 Å². The van der Waals surface area contributed by atoms with E-state index in [9.17, 15) is 0 Å². The Morgan fingerprint density at radius 2 is 2.09 bits per heavy atom. The Bertz CT molecular complexity index is 112. The van der Waals surface area contributed by atoms with Gasteiger partial charge in [-0.25, -0.2) is 0 Å². The fourth-order valence-electron chi connectivity index (χ4n) is 1.62. The quantitative estimate of drug-likeness (QED) is 0.602. The largest absolute Gasteiger partial charge is 0.374 e. The third-order valence-corrected chi connectivity index (χ3v) is 2.31. The Labute approximate surface area is 69.5 Å². The van der Waals surface area contributed by atoms with Gasteiger partial charge in [-0.1, -0.05) is 0 Å². The molecule has 0 bridgehead atoms. The first-order valence-electron chi connectivity index (χ1n) is 4.45. The standard InChI is InChI=1S/C9H19NO/c1-7(2)11-9-5-8(3)10(4)6-9/h7-9H,5-6H2,1-4H3/t8-,9+/m1/s1. The molecule has 1 aliphatic heterocycles. The molecule has 0 radical (unpaired) electrons. The highest BCUT2D eigenvalue weighted by molar-refractivity contribution is 4.80. The smallest absolute Gasteiger partial charge is 0.0720 e. The molecule has 1 saturated heterocycles.